The van der Waals surface area contributed by atoms with Gasteiger partial charge in [0.25, 0.3) is 0 Å². The van der Waals surface area contributed by atoms with E-state index in [0.29, 0.717) is 26.2 Å². The number of amides is 1. The largest absolute Gasteiger partial charge is 0.377 e. The van der Waals surface area contributed by atoms with Gasteiger partial charge in [-0.2, -0.15) is 0 Å². The third-order valence-corrected chi connectivity index (χ3v) is 7.15. The monoisotopic (exact) mass is 395 g/mol. The predicted octanol–water partition coefficient (Wildman–Crippen LogP) is 0.497. The molecule has 146 valence electrons. The minimum atomic E-state index is -3.27. The van der Waals surface area contributed by atoms with Crippen molar-refractivity contribution in [2.45, 2.75) is 50.7 Å². The van der Waals surface area contributed by atoms with Gasteiger partial charge in [-0.3, -0.25) is 4.79 Å². The number of nitrogens with zero attached hydrogens (tertiary/aromatic N) is 1. The van der Waals surface area contributed by atoms with Crippen molar-refractivity contribution in [2.75, 3.05) is 38.5 Å². The lowest BCUT2D eigenvalue weighted by molar-refractivity contribution is -0.123. The first-order valence-corrected chi connectivity index (χ1v) is 10.8. The summed E-state index contributed by atoms with van der Waals surface area (Å²) in [5, 5.41) is 6.18. The maximum Gasteiger partial charge on any atom is 0.237 e. The molecular weight excluding hydrogens is 366 g/mol. The van der Waals surface area contributed by atoms with Gasteiger partial charge in [0.1, 0.15) is 0 Å². The highest BCUT2D eigenvalue weighted by Crippen LogP contribution is 2.22. The van der Waals surface area contributed by atoms with Crippen LogP contribution in [0, 0.1) is 5.92 Å². The molecule has 25 heavy (non-hydrogen) atoms. The molecule has 3 atom stereocenters. The Hall–Kier alpha value is -0.410. The number of hydrogen-bond donors (Lipinski definition) is 2. The van der Waals surface area contributed by atoms with Gasteiger partial charge >= 0.3 is 0 Å². The number of ether oxygens (including phenoxy) is 1. The number of piperidine rings is 1. The molecule has 0 saturated carbocycles. The molecule has 0 aliphatic carbocycles. The zero-order valence-electron chi connectivity index (χ0n) is 14.6. The van der Waals surface area contributed by atoms with Gasteiger partial charge in [0.05, 0.1) is 17.9 Å². The van der Waals surface area contributed by atoms with Crippen molar-refractivity contribution < 1.29 is 17.9 Å². The molecular formula is C16H30ClN3O4S. The van der Waals surface area contributed by atoms with Crippen LogP contribution in [-0.2, 0) is 19.6 Å². The summed E-state index contributed by atoms with van der Waals surface area (Å²) >= 11 is 0. The molecule has 0 aromatic heterocycles. The van der Waals surface area contributed by atoms with Gasteiger partial charge in [-0.15, -0.1) is 12.4 Å². The number of nitrogens with one attached hydrogen (secondary N) is 2. The van der Waals surface area contributed by atoms with Crippen LogP contribution in [0.1, 0.15) is 38.5 Å². The molecule has 3 aliphatic heterocycles. The molecule has 0 bridgehead atoms. The minimum Gasteiger partial charge on any atom is -0.377 e. The second kappa shape index (κ2) is 9.50. The van der Waals surface area contributed by atoms with Crippen LogP contribution in [0.3, 0.4) is 0 Å². The van der Waals surface area contributed by atoms with Crippen molar-refractivity contribution >= 4 is 28.3 Å². The van der Waals surface area contributed by atoms with E-state index in [4.69, 9.17) is 4.74 Å². The Balaban J connectivity index is 0.00000225. The lowest BCUT2D eigenvalue weighted by Gasteiger charge is -2.32. The van der Waals surface area contributed by atoms with Crippen molar-refractivity contribution in [3.8, 4) is 0 Å². The number of carbonyl (C=O) groups is 1. The number of halogens is 1. The second-order valence-electron chi connectivity index (χ2n) is 7.17. The molecule has 0 radical (unpaired) electrons. The fraction of sp³-hybridized carbons (Fsp3) is 0.938. The van der Waals surface area contributed by atoms with Crippen LogP contribution in [-0.4, -0.2) is 69.3 Å². The van der Waals surface area contributed by atoms with Crippen LogP contribution in [0.5, 0.6) is 0 Å². The van der Waals surface area contributed by atoms with Gasteiger partial charge in [0.15, 0.2) is 0 Å². The van der Waals surface area contributed by atoms with Gasteiger partial charge in [-0.05, 0) is 51.0 Å². The molecule has 3 unspecified atom stereocenters. The van der Waals surface area contributed by atoms with E-state index in [1.54, 1.807) is 4.31 Å². The van der Waals surface area contributed by atoms with Gasteiger partial charge in [0.2, 0.25) is 15.9 Å². The summed E-state index contributed by atoms with van der Waals surface area (Å²) in [6.45, 7) is 3.22. The van der Waals surface area contributed by atoms with E-state index in [1.165, 1.54) is 0 Å². The summed E-state index contributed by atoms with van der Waals surface area (Å²) in [6, 6.07) is -0.0760. The molecule has 0 aromatic carbocycles. The first-order valence-electron chi connectivity index (χ1n) is 9.15. The highest BCUT2D eigenvalue weighted by molar-refractivity contribution is 7.89. The predicted molar refractivity (Wildman–Crippen MR) is 98.3 cm³/mol. The summed E-state index contributed by atoms with van der Waals surface area (Å²) in [5.74, 6) is 0.341. The van der Waals surface area contributed by atoms with Crippen molar-refractivity contribution in [1.82, 2.24) is 14.9 Å². The highest BCUT2D eigenvalue weighted by Gasteiger charge is 2.32. The Kier molecular flexibility index (Phi) is 7.94. The van der Waals surface area contributed by atoms with Crippen molar-refractivity contribution in [2.24, 2.45) is 5.92 Å². The van der Waals surface area contributed by atoms with Crippen LogP contribution < -0.4 is 10.6 Å². The van der Waals surface area contributed by atoms with E-state index in [2.05, 4.69) is 10.6 Å². The average molecular weight is 396 g/mol. The zero-order valence-corrected chi connectivity index (χ0v) is 16.2. The fourth-order valence-electron chi connectivity index (χ4n) is 3.84. The van der Waals surface area contributed by atoms with E-state index in [0.717, 1.165) is 45.1 Å². The molecule has 7 nitrogen and oxygen atoms in total. The van der Waals surface area contributed by atoms with Crippen molar-refractivity contribution in [3.63, 3.8) is 0 Å². The van der Waals surface area contributed by atoms with Gasteiger partial charge in [0, 0.05) is 26.2 Å². The standard InChI is InChI=1S/C16H29N3O4S.ClH/c20-16(15-6-1-7-17-15)18-10-13-4-2-8-19(11-13)24(21,22)12-14-5-3-9-23-14;/h13-15,17H,1-12H2,(H,18,20);1H. The summed E-state index contributed by atoms with van der Waals surface area (Å²) in [7, 11) is -3.27. The quantitative estimate of drug-likeness (QED) is 0.683. The van der Waals surface area contributed by atoms with Gasteiger partial charge in [-0.1, -0.05) is 0 Å². The van der Waals surface area contributed by atoms with Crippen LogP contribution >= 0.6 is 12.4 Å². The molecule has 0 spiro atoms. The second-order valence-corrected chi connectivity index (χ2v) is 9.19. The normalized spacial score (nSPS) is 30.8. The number of sulfonamides is 1. The van der Waals surface area contributed by atoms with Crippen molar-refractivity contribution in [1.29, 1.82) is 0 Å². The molecule has 2 N–H and O–H groups in total. The highest BCUT2D eigenvalue weighted by atomic mass is 35.5. The van der Waals surface area contributed by atoms with Crippen LogP contribution in [0.25, 0.3) is 0 Å². The summed E-state index contributed by atoms with van der Waals surface area (Å²) in [4.78, 5) is 12.1. The maximum atomic E-state index is 12.6. The molecule has 9 heteroatoms. The molecule has 3 saturated heterocycles. The minimum absolute atomic E-state index is 0. The molecule has 3 fully saturated rings. The Bertz CT molecular complexity index is 533. The molecule has 3 heterocycles. The maximum absolute atomic E-state index is 12.6. The van der Waals surface area contributed by atoms with Crippen molar-refractivity contribution in [3.05, 3.63) is 0 Å². The Labute approximate surface area is 156 Å². The Morgan fingerprint density at radius 2 is 2.04 bits per heavy atom. The van der Waals surface area contributed by atoms with E-state index in [-0.39, 0.29) is 42.1 Å². The van der Waals surface area contributed by atoms with E-state index >= 15 is 0 Å². The summed E-state index contributed by atoms with van der Waals surface area (Å²) < 4.78 is 32.2. The first-order chi connectivity index (χ1) is 11.5. The first kappa shape index (κ1) is 20.9. The Morgan fingerprint density at radius 1 is 1.20 bits per heavy atom. The van der Waals surface area contributed by atoms with Crippen LogP contribution in [0.2, 0.25) is 0 Å². The topological polar surface area (TPSA) is 87.7 Å². The van der Waals surface area contributed by atoms with Gasteiger partial charge in [-0.25, -0.2) is 12.7 Å². The Morgan fingerprint density at radius 3 is 2.72 bits per heavy atom. The zero-order chi connectivity index (χ0) is 17.0. The molecule has 3 rings (SSSR count). The third kappa shape index (κ3) is 5.79. The van der Waals surface area contributed by atoms with E-state index < -0.39 is 10.0 Å². The molecule has 1 amide bonds. The summed E-state index contributed by atoms with van der Waals surface area (Å²) in [6.07, 6.45) is 5.38. The van der Waals surface area contributed by atoms with E-state index in [9.17, 15) is 13.2 Å². The van der Waals surface area contributed by atoms with Gasteiger partial charge < -0.3 is 15.4 Å². The third-order valence-electron chi connectivity index (χ3n) is 5.24. The number of rotatable bonds is 6. The number of carbonyl (C=O) groups excluding carboxylic acids is 1. The SMILES string of the molecule is Cl.O=C(NCC1CCCN(S(=O)(=O)CC2CCCO2)C1)C1CCCN1. The average Bonchev–Trinajstić information content (AvgIpc) is 3.26. The fourth-order valence-corrected chi connectivity index (χ4v) is 5.63. The smallest absolute Gasteiger partial charge is 0.237 e. The van der Waals surface area contributed by atoms with E-state index in [1.807, 2.05) is 0 Å². The summed E-state index contributed by atoms with van der Waals surface area (Å²) in [5.41, 5.74) is 0. The van der Waals surface area contributed by atoms with Crippen LogP contribution in [0.4, 0.5) is 0 Å². The molecule has 3 aliphatic rings. The lowest BCUT2D eigenvalue weighted by atomic mass is 9.99. The lowest BCUT2D eigenvalue weighted by Crippen LogP contribution is -2.47. The molecule has 0 aromatic rings. The number of hydrogen-bond acceptors (Lipinski definition) is 5. The van der Waals surface area contributed by atoms with Crippen LogP contribution in [0.15, 0.2) is 0 Å².